The zero-order chi connectivity index (χ0) is 8.91. The molecular formula is C6H18NaO3PS. The van der Waals surface area contributed by atoms with Crippen LogP contribution in [0.4, 0.5) is 0 Å². The zero-order valence-corrected chi connectivity index (χ0v) is 8.74. The van der Waals surface area contributed by atoms with E-state index in [0.717, 1.165) is 24.3 Å². The first kappa shape index (κ1) is 16.1. The summed E-state index contributed by atoms with van der Waals surface area (Å²) in [6, 6.07) is 0. The van der Waals surface area contributed by atoms with Gasteiger partial charge in [0.1, 0.15) is 0 Å². The second-order valence-corrected chi connectivity index (χ2v) is 8.17. The molecule has 0 saturated carbocycles. The van der Waals surface area contributed by atoms with Gasteiger partial charge >= 0.3 is 29.6 Å². The molecule has 3 N–H and O–H groups in total. The van der Waals surface area contributed by atoms with Crippen LogP contribution in [0.25, 0.3) is 0 Å². The van der Waals surface area contributed by atoms with E-state index in [4.69, 9.17) is 14.7 Å². The average Bonchev–Trinajstić information content (AvgIpc) is 1.85. The first-order chi connectivity index (χ1) is 5.02. The van der Waals surface area contributed by atoms with Crippen molar-refractivity contribution in [3.05, 3.63) is 0 Å². The minimum absolute atomic E-state index is 0. The first-order valence-electron chi connectivity index (χ1n) is 3.77. The van der Waals surface area contributed by atoms with Crippen LogP contribution in [0.5, 0.6) is 0 Å². The van der Waals surface area contributed by atoms with Crippen LogP contribution in [0, 0.1) is 0 Å². The predicted molar refractivity (Wildman–Crippen MR) is 58.4 cm³/mol. The summed E-state index contributed by atoms with van der Waals surface area (Å²) < 4.78 is 0. The molecule has 0 unspecified atom stereocenters. The molecule has 0 aromatic rings. The third-order valence-corrected chi connectivity index (χ3v) is 6.85. The Kier molecular flexibility index (Phi) is 10.7. The van der Waals surface area contributed by atoms with Gasteiger partial charge in [0, 0.05) is 0 Å². The second kappa shape index (κ2) is 8.01. The predicted octanol–water partition coefficient (Wildman–Crippen LogP) is 0.431. The minimum atomic E-state index is -3.53. The zero-order valence-electron chi connectivity index (χ0n) is 7.03. The Morgan fingerprint density at radius 2 is 1.33 bits per heavy atom. The molecule has 3 nitrogen and oxygen atoms in total. The SMILES string of the molecule is CCCS(CCC)=P(O)(O)O.[NaH]. The summed E-state index contributed by atoms with van der Waals surface area (Å²) in [5, 5.41) is 0. The Bertz CT molecular complexity index is 152. The normalized spacial score (nSPS) is 11.5. The van der Waals surface area contributed by atoms with Gasteiger partial charge in [-0.25, -0.2) is 0 Å². The Morgan fingerprint density at radius 1 is 1.00 bits per heavy atom. The van der Waals surface area contributed by atoms with Crippen molar-refractivity contribution in [1.82, 2.24) is 0 Å². The molecule has 0 bridgehead atoms. The molecular weight excluding hydrogens is 206 g/mol. The molecule has 0 fully saturated rings. The molecule has 6 heteroatoms. The molecule has 0 aliphatic rings. The van der Waals surface area contributed by atoms with Crippen molar-refractivity contribution < 1.29 is 14.7 Å². The summed E-state index contributed by atoms with van der Waals surface area (Å²) in [6.45, 7) is 0.424. The first-order valence-corrected chi connectivity index (χ1v) is 7.59. The van der Waals surface area contributed by atoms with E-state index in [1.54, 1.807) is 0 Å². The molecule has 12 heavy (non-hydrogen) atoms. The van der Waals surface area contributed by atoms with Gasteiger partial charge in [0.05, 0.1) is 0 Å². The average molecular weight is 224 g/mol. The number of hydrogen-bond acceptors (Lipinski definition) is 0. The molecule has 0 aromatic heterocycles. The van der Waals surface area contributed by atoms with E-state index >= 15 is 0 Å². The molecule has 0 radical (unpaired) electrons. The Morgan fingerprint density at radius 3 is 1.50 bits per heavy atom. The standard InChI is InChI=1S/C6H17O3PS.Na.H/c1-3-5-11(6-4-2)10(7,8)9;;/h7-9H,3-6H2,1-2H3;;. The summed E-state index contributed by atoms with van der Waals surface area (Å²) in [4.78, 5) is 26.9. The van der Waals surface area contributed by atoms with Crippen LogP contribution in [-0.4, -0.2) is 55.7 Å². The van der Waals surface area contributed by atoms with Gasteiger partial charge in [-0.2, -0.15) is 0 Å². The molecule has 0 rings (SSSR count). The van der Waals surface area contributed by atoms with Gasteiger partial charge in [-0.3, -0.25) is 0 Å². The van der Waals surface area contributed by atoms with Crippen molar-refractivity contribution in [3.63, 3.8) is 0 Å². The fraction of sp³-hybridized carbons (Fsp3) is 1.00. The molecule has 0 heterocycles. The van der Waals surface area contributed by atoms with Crippen molar-refractivity contribution in [2.45, 2.75) is 26.7 Å². The Labute approximate surface area is 98.7 Å². The van der Waals surface area contributed by atoms with Gasteiger partial charge in [0.2, 0.25) is 0 Å². The van der Waals surface area contributed by atoms with Gasteiger partial charge in [0.25, 0.3) is 6.72 Å². The summed E-state index contributed by atoms with van der Waals surface area (Å²) in [5.41, 5.74) is 0. The van der Waals surface area contributed by atoms with Crippen molar-refractivity contribution in [1.29, 1.82) is 0 Å². The molecule has 72 valence electrons. The fourth-order valence-corrected chi connectivity index (χ4v) is 5.02. The number of rotatable bonds is 4. The van der Waals surface area contributed by atoms with Crippen LogP contribution in [0.2, 0.25) is 0 Å². The quantitative estimate of drug-likeness (QED) is 0.479. The van der Waals surface area contributed by atoms with E-state index in [1.807, 2.05) is 13.8 Å². The van der Waals surface area contributed by atoms with Gasteiger partial charge in [-0.05, 0) is 24.3 Å². The van der Waals surface area contributed by atoms with E-state index in [1.165, 1.54) is 0 Å². The van der Waals surface area contributed by atoms with Crippen LogP contribution in [-0.2, 0) is 10.1 Å². The van der Waals surface area contributed by atoms with Crippen molar-refractivity contribution >= 4 is 46.3 Å². The van der Waals surface area contributed by atoms with Crippen LogP contribution in [0.15, 0.2) is 0 Å². The van der Waals surface area contributed by atoms with E-state index in [-0.39, 0.29) is 29.6 Å². The maximum atomic E-state index is 8.97. The van der Waals surface area contributed by atoms with Crippen molar-refractivity contribution in [3.8, 4) is 0 Å². The fourth-order valence-electron chi connectivity index (χ4n) is 0.818. The van der Waals surface area contributed by atoms with Crippen LogP contribution >= 0.6 is 6.72 Å². The molecule has 0 aromatic carbocycles. The monoisotopic (exact) mass is 224 g/mol. The molecule has 0 aliphatic carbocycles. The Hall–Kier alpha value is 1.66. The molecule has 0 aliphatic heterocycles. The van der Waals surface area contributed by atoms with E-state index in [2.05, 4.69) is 0 Å². The van der Waals surface area contributed by atoms with Crippen molar-refractivity contribution in [2.75, 3.05) is 11.5 Å². The van der Waals surface area contributed by atoms with Crippen LogP contribution < -0.4 is 0 Å². The van der Waals surface area contributed by atoms with Crippen LogP contribution in [0.1, 0.15) is 26.7 Å². The van der Waals surface area contributed by atoms with Gasteiger partial charge < -0.3 is 14.7 Å². The van der Waals surface area contributed by atoms with E-state index in [0.29, 0.717) is 0 Å². The third-order valence-electron chi connectivity index (χ3n) is 1.23. The molecule has 0 spiro atoms. The van der Waals surface area contributed by atoms with E-state index in [9.17, 15) is 0 Å². The van der Waals surface area contributed by atoms with Gasteiger partial charge in [0.15, 0.2) is 0 Å². The van der Waals surface area contributed by atoms with Gasteiger partial charge in [-0.1, -0.05) is 13.8 Å². The van der Waals surface area contributed by atoms with Gasteiger partial charge in [-0.15, -0.1) is 10.1 Å². The molecule has 0 saturated heterocycles. The topological polar surface area (TPSA) is 60.7 Å². The third kappa shape index (κ3) is 7.10. The summed E-state index contributed by atoms with van der Waals surface area (Å²) >= 11 is 0. The van der Waals surface area contributed by atoms with Crippen LogP contribution in [0.3, 0.4) is 0 Å². The number of hydrogen-bond donors (Lipinski definition) is 3. The van der Waals surface area contributed by atoms with E-state index < -0.39 is 16.8 Å². The molecule has 0 atom stereocenters. The summed E-state index contributed by atoms with van der Waals surface area (Å²) in [6.07, 6.45) is 1.79. The summed E-state index contributed by atoms with van der Waals surface area (Å²) in [7, 11) is -0.564. The Balaban J connectivity index is 0. The second-order valence-electron chi connectivity index (χ2n) is 2.38. The maximum absolute atomic E-state index is 8.97. The molecule has 0 amide bonds. The van der Waals surface area contributed by atoms with Crippen molar-refractivity contribution in [2.24, 2.45) is 0 Å². The summed E-state index contributed by atoms with van der Waals surface area (Å²) in [5.74, 6) is 1.45.